The standard InChI is InChI=1S/C15H23NO3S/c16-12-13-6-8-14(9-7-13)19-10-11-20(17,18)15-4-2-1-3-5-15/h6-9,15H,1-5,10-12,16H2. The van der Waals surface area contributed by atoms with E-state index >= 15 is 0 Å². The molecule has 0 saturated heterocycles. The Kier molecular flexibility index (Phi) is 5.43. The van der Waals surface area contributed by atoms with E-state index in [2.05, 4.69) is 0 Å². The number of sulfone groups is 1. The summed E-state index contributed by atoms with van der Waals surface area (Å²) >= 11 is 0. The zero-order chi connectivity index (χ0) is 14.4. The van der Waals surface area contributed by atoms with E-state index in [1.165, 1.54) is 0 Å². The largest absolute Gasteiger partial charge is 0.493 e. The minimum absolute atomic E-state index is 0.107. The molecule has 0 spiro atoms. The molecule has 1 aromatic carbocycles. The van der Waals surface area contributed by atoms with Crippen LogP contribution < -0.4 is 10.5 Å². The quantitative estimate of drug-likeness (QED) is 0.874. The molecule has 5 heteroatoms. The summed E-state index contributed by atoms with van der Waals surface area (Å²) in [6.07, 6.45) is 4.85. The Morgan fingerprint density at radius 2 is 1.75 bits per heavy atom. The second kappa shape index (κ2) is 7.09. The lowest BCUT2D eigenvalue weighted by molar-refractivity contribution is 0.339. The Labute approximate surface area is 121 Å². The molecule has 1 saturated carbocycles. The summed E-state index contributed by atoms with van der Waals surface area (Å²) in [5, 5.41) is -0.153. The molecular formula is C15H23NO3S. The first-order valence-corrected chi connectivity index (χ1v) is 8.97. The van der Waals surface area contributed by atoms with Gasteiger partial charge in [-0.15, -0.1) is 0 Å². The predicted octanol–water partition coefficient (Wildman–Crippen LogP) is 2.27. The van der Waals surface area contributed by atoms with Crippen LogP contribution in [0.5, 0.6) is 5.75 Å². The van der Waals surface area contributed by atoms with Gasteiger partial charge in [0.05, 0.1) is 11.0 Å². The van der Waals surface area contributed by atoms with Gasteiger partial charge in [0, 0.05) is 6.54 Å². The molecule has 0 atom stereocenters. The van der Waals surface area contributed by atoms with Crippen molar-refractivity contribution in [2.24, 2.45) is 5.73 Å². The Bertz CT molecular complexity index is 504. The molecule has 0 heterocycles. The lowest BCUT2D eigenvalue weighted by Crippen LogP contribution is -2.28. The van der Waals surface area contributed by atoms with Crippen LogP contribution in [0.3, 0.4) is 0 Å². The van der Waals surface area contributed by atoms with E-state index in [1.807, 2.05) is 24.3 Å². The van der Waals surface area contributed by atoms with Crippen molar-refractivity contribution in [3.05, 3.63) is 29.8 Å². The van der Waals surface area contributed by atoms with Gasteiger partial charge in [-0.3, -0.25) is 0 Å². The molecule has 1 aliphatic rings. The molecule has 1 aliphatic carbocycles. The lowest BCUT2D eigenvalue weighted by Gasteiger charge is -2.21. The molecule has 4 nitrogen and oxygen atoms in total. The highest BCUT2D eigenvalue weighted by atomic mass is 32.2. The highest BCUT2D eigenvalue weighted by molar-refractivity contribution is 7.92. The van der Waals surface area contributed by atoms with Crippen LogP contribution in [0.4, 0.5) is 0 Å². The second-order valence-corrected chi connectivity index (χ2v) is 7.72. The lowest BCUT2D eigenvalue weighted by atomic mass is 10.0. The monoisotopic (exact) mass is 297 g/mol. The topological polar surface area (TPSA) is 69.4 Å². The SMILES string of the molecule is NCc1ccc(OCCS(=O)(=O)C2CCCCC2)cc1. The van der Waals surface area contributed by atoms with Crippen LogP contribution >= 0.6 is 0 Å². The molecule has 0 radical (unpaired) electrons. The minimum atomic E-state index is -3.01. The Hall–Kier alpha value is -1.07. The van der Waals surface area contributed by atoms with E-state index in [4.69, 9.17) is 10.5 Å². The van der Waals surface area contributed by atoms with Crippen LogP contribution in [0, 0.1) is 0 Å². The van der Waals surface area contributed by atoms with Crippen LogP contribution in [-0.4, -0.2) is 26.0 Å². The van der Waals surface area contributed by atoms with Gasteiger partial charge in [0.2, 0.25) is 0 Å². The molecule has 0 aromatic heterocycles. The van der Waals surface area contributed by atoms with Crippen LogP contribution in [0.2, 0.25) is 0 Å². The first-order valence-electron chi connectivity index (χ1n) is 7.25. The maximum absolute atomic E-state index is 12.2. The fourth-order valence-electron chi connectivity index (χ4n) is 2.59. The molecule has 0 unspecified atom stereocenters. The first kappa shape index (κ1) is 15.3. The van der Waals surface area contributed by atoms with Gasteiger partial charge in [-0.1, -0.05) is 31.4 Å². The van der Waals surface area contributed by atoms with Crippen LogP contribution in [0.15, 0.2) is 24.3 Å². The molecular weight excluding hydrogens is 274 g/mol. The van der Waals surface area contributed by atoms with Gasteiger partial charge in [-0.2, -0.15) is 0 Å². The van der Waals surface area contributed by atoms with Gasteiger partial charge in [-0.25, -0.2) is 8.42 Å². The molecule has 1 aromatic rings. The number of rotatable bonds is 6. The summed E-state index contributed by atoms with van der Waals surface area (Å²) in [5.41, 5.74) is 6.55. The highest BCUT2D eigenvalue weighted by Crippen LogP contribution is 2.24. The van der Waals surface area contributed by atoms with Crippen molar-refractivity contribution in [3.8, 4) is 5.75 Å². The van der Waals surface area contributed by atoms with Crippen molar-refractivity contribution in [2.75, 3.05) is 12.4 Å². The third-order valence-electron chi connectivity index (χ3n) is 3.86. The zero-order valence-electron chi connectivity index (χ0n) is 11.8. The zero-order valence-corrected chi connectivity index (χ0v) is 12.6. The van der Waals surface area contributed by atoms with Gasteiger partial charge >= 0.3 is 0 Å². The van der Waals surface area contributed by atoms with Crippen LogP contribution in [0.25, 0.3) is 0 Å². The maximum Gasteiger partial charge on any atom is 0.156 e. The molecule has 2 N–H and O–H groups in total. The number of hydrogen-bond donors (Lipinski definition) is 1. The third kappa shape index (κ3) is 4.21. The first-order chi connectivity index (χ1) is 9.62. The van der Waals surface area contributed by atoms with Crippen molar-refractivity contribution in [2.45, 2.75) is 43.9 Å². The Morgan fingerprint density at radius 3 is 2.35 bits per heavy atom. The van der Waals surface area contributed by atoms with Crippen LogP contribution in [-0.2, 0) is 16.4 Å². The number of benzene rings is 1. The smallest absolute Gasteiger partial charge is 0.156 e. The number of ether oxygens (including phenoxy) is 1. The second-order valence-electron chi connectivity index (χ2n) is 5.32. The Balaban J connectivity index is 1.81. The van der Waals surface area contributed by atoms with Crippen molar-refractivity contribution in [1.29, 1.82) is 0 Å². The van der Waals surface area contributed by atoms with E-state index < -0.39 is 9.84 Å². The fourth-order valence-corrected chi connectivity index (χ4v) is 4.29. The van der Waals surface area contributed by atoms with Gasteiger partial charge < -0.3 is 10.5 Å². The van der Waals surface area contributed by atoms with Crippen molar-refractivity contribution in [1.82, 2.24) is 0 Å². The van der Waals surface area contributed by atoms with E-state index in [1.54, 1.807) is 0 Å². The molecule has 1 fully saturated rings. The summed E-state index contributed by atoms with van der Waals surface area (Å²) in [6, 6.07) is 7.45. The normalized spacial score (nSPS) is 17.1. The predicted molar refractivity (Wildman–Crippen MR) is 80.5 cm³/mol. The molecule has 0 amide bonds. The maximum atomic E-state index is 12.2. The fraction of sp³-hybridized carbons (Fsp3) is 0.600. The van der Waals surface area contributed by atoms with E-state index in [0.717, 1.165) is 37.7 Å². The molecule has 2 rings (SSSR count). The molecule has 20 heavy (non-hydrogen) atoms. The number of hydrogen-bond acceptors (Lipinski definition) is 4. The molecule has 112 valence electrons. The minimum Gasteiger partial charge on any atom is -0.493 e. The van der Waals surface area contributed by atoms with E-state index in [9.17, 15) is 8.42 Å². The summed E-state index contributed by atoms with van der Waals surface area (Å²) in [6.45, 7) is 0.719. The van der Waals surface area contributed by atoms with Gasteiger partial charge in [0.25, 0.3) is 0 Å². The van der Waals surface area contributed by atoms with Crippen molar-refractivity contribution < 1.29 is 13.2 Å². The van der Waals surface area contributed by atoms with Crippen molar-refractivity contribution in [3.63, 3.8) is 0 Å². The summed E-state index contributed by atoms with van der Waals surface area (Å²) in [7, 11) is -3.01. The highest BCUT2D eigenvalue weighted by Gasteiger charge is 2.26. The van der Waals surface area contributed by atoms with Gasteiger partial charge in [0.1, 0.15) is 12.4 Å². The number of nitrogens with two attached hydrogens (primary N) is 1. The average Bonchev–Trinajstić information content (AvgIpc) is 2.49. The summed E-state index contributed by atoms with van der Waals surface area (Å²) in [4.78, 5) is 0. The average molecular weight is 297 g/mol. The summed E-state index contributed by atoms with van der Waals surface area (Å²) < 4.78 is 29.9. The summed E-state index contributed by atoms with van der Waals surface area (Å²) in [5.74, 6) is 0.803. The molecule has 0 aliphatic heterocycles. The van der Waals surface area contributed by atoms with Crippen molar-refractivity contribution >= 4 is 9.84 Å². The van der Waals surface area contributed by atoms with E-state index in [0.29, 0.717) is 12.3 Å². The van der Waals surface area contributed by atoms with Gasteiger partial charge in [0.15, 0.2) is 9.84 Å². The van der Waals surface area contributed by atoms with E-state index in [-0.39, 0.29) is 17.6 Å². The molecule has 0 bridgehead atoms. The van der Waals surface area contributed by atoms with Crippen LogP contribution in [0.1, 0.15) is 37.7 Å². The third-order valence-corrected chi connectivity index (χ3v) is 6.08. The van der Waals surface area contributed by atoms with Gasteiger partial charge in [-0.05, 0) is 30.5 Å². The Morgan fingerprint density at radius 1 is 1.10 bits per heavy atom.